The monoisotopic (exact) mass is 390 g/mol. The van der Waals surface area contributed by atoms with Crippen molar-refractivity contribution in [3.05, 3.63) is 54.1 Å². The van der Waals surface area contributed by atoms with Gasteiger partial charge >= 0.3 is 0 Å². The molecule has 2 aromatic rings. The highest BCUT2D eigenvalue weighted by Crippen LogP contribution is 2.21. The summed E-state index contributed by atoms with van der Waals surface area (Å²) < 4.78 is 32.8. The van der Waals surface area contributed by atoms with Gasteiger partial charge in [-0.3, -0.25) is 4.79 Å². The van der Waals surface area contributed by atoms with Crippen molar-refractivity contribution in [1.82, 2.24) is 4.72 Å². The van der Waals surface area contributed by atoms with Gasteiger partial charge in [0.2, 0.25) is 10.0 Å². The van der Waals surface area contributed by atoms with Crippen LogP contribution in [-0.2, 0) is 10.0 Å². The average Bonchev–Trinajstić information content (AvgIpc) is 2.66. The molecular weight excluding hydrogens is 364 g/mol. The zero-order valence-corrected chi connectivity index (χ0v) is 16.7. The number of sulfonamides is 1. The Hall–Kier alpha value is -2.38. The molecule has 2 rings (SSSR count). The van der Waals surface area contributed by atoms with Crippen LogP contribution in [0.3, 0.4) is 0 Å². The van der Waals surface area contributed by atoms with Crippen molar-refractivity contribution in [2.24, 2.45) is 0 Å². The van der Waals surface area contributed by atoms with E-state index in [1.165, 1.54) is 12.1 Å². The summed E-state index contributed by atoms with van der Waals surface area (Å²) in [7, 11) is -3.57. The number of anilines is 1. The molecule has 27 heavy (non-hydrogen) atoms. The molecular formula is C20H26N2O4S. The molecule has 1 atom stereocenters. The molecule has 0 aromatic heterocycles. The van der Waals surface area contributed by atoms with E-state index in [9.17, 15) is 13.2 Å². The van der Waals surface area contributed by atoms with E-state index in [1.807, 2.05) is 26.8 Å². The Bertz CT molecular complexity index is 864. The average molecular weight is 391 g/mol. The fourth-order valence-corrected chi connectivity index (χ4v) is 3.65. The Morgan fingerprint density at radius 3 is 2.37 bits per heavy atom. The zero-order chi connectivity index (χ0) is 19.9. The van der Waals surface area contributed by atoms with Gasteiger partial charge in [0.1, 0.15) is 5.75 Å². The Labute approximate surface area is 161 Å². The summed E-state index contributed by atoms with van der Waals surface area (Å²) >= 11 is 0. The number of ether oxygens (including phenoxy) is 1. The normalized spacial score (nSPS) is 12.4. The molecule has 0 aliphatic heterocycles. The Kier molecular flexibility index (Phi) is 7.38. The van der Waals surface area contributed by atoms with Crippen LogP contribution in [0.1, 0.15) is 44.0 Å². The lowest BCUT2D eigenvalue weighted by molar-refractivity contribution is 0.102. The molecule has 0 spiro atoms. The topological polar surface area (TPSA) is 84.5 Å². The molecule has 1 unspecified atom stereocenters. The molecule has 0 fully saturated rings. The van der Waals surface area contributed by atoms with Crippen LogP contribution in [-0.4, -0.2) is 27.0 Å². The number of amides is 1. The second-order valence-electron chi connectivity index (χ2n) is 6.25. The maximum atomic E-state index is 12.5. The first-order valence-corrected chi connectivity index (χ1v) is 10.5. The van der Waals surface area contributed by atoms with Crippen LogP contribution < -0.4 is 14.8 Å². The van der Waals surface area contributed by atoms with Crippen molar-refractivity contribution in [2.45, 2.75) is 44.6 Å². The number of benzene rings is 2. The van der Waals surface area contributed by atoms with E-state index >= 15 is 0 Å². The lowest BCUT2D eigenvalue weighted by Crippen LogP contribution is -2.31. The SMILES string of the molecule is CCCOc1ccccc1C(=O)Nc1ccc(S(=O)(=O)NC(C)CC)cc1. The minimum Gasteiger partial charge on any atom is -0.493 e. The second kappa shape index (κ2) is 9.53. The lowest BCUT2D eigenvalue weighted by atomic mass is 10.2. The third kappa shape index (κ3) is 5.80. The van der Waals surface area contributed by atoms with Crippen molar-refractivity contribution in [3.63, 3.8) is 0 Å². The summed E-state index contributed by atoms with van der Waals surface area (Å²) in [5.74, 6) is 0.212. The van der Waals surface area contributed by atoms with Gasteiger partial charge in [-0.1, -0.05) is 26.0 Å². The highest BCUT2D eigenvalue weighted by atomic mass is 32.2. The second-order valence-corrected chi connectivity index (χ2v) is 7.97. The van der Waals surface area contributed by atoms with Crippen molar-refractivity contribution < 1.29 is 17.9 Å². The molecule has 7 heteroatoms. The van der Waals surface area contributed by atoms with E-state index in [2.05, 4.69) is 10.0 Å². The van der Waals surface area contributed by atoms with E-state index in [1.54, 1.807) is 30.3 Å². The van der Waals surface area contributed by atoms with Crippen LogP contribution >= 0.6 is 0 Å². The molecule has 0 radical (unpaired) electrons. The molecule has 0 saturated carbocycles. The predicted octanol–water partition coefficient (Wildman–Crippen LogP) is 3.80. The molecule has 0 aliphatic rings. The molecule has 0 bridgehead atoms. The molecule has 0 heterocycles. The van der Waals surface area contributed by atoms with E-state index in [0.29, 0.717) is 30.0 Å². The maximum absolute atomic E-state index is 12.5. The predicted molar refractivity (Wildman–Crippen MR) is 107 cm³/mol. The summed E-state index contributed by atoms with van der Waals surface area (Å²) in [6, 6.07) is 13.0. The standard InChI is InChI=1S/C20H26N2O4S/c1-4-14-26-19-9-7-6-8-18(19)20(23)21-16-10-12-17(13-11-16)27(24,25)22-15(3)5-2/h6-13,15,22H,4-5,14H2,1-3H3,(H,21,23). The molecule has 146 valence electrons. The highest BCUT2D eigenvalue weighted by molar-refractivity contribution is 7.89. The largest absolute Gasteiger partial charge is 0.493 e. The number of carbonyl (C=O) groups is 1. The van der Waals surface area contributed by atoms with Crippen molar-refractivity contribution in [2.75, 3.05) is 11.9 Å². The first-order chi connectivity index (χ1) is 12.9. The van der Waals surface area contributed by atoms with Gasteiger partial charge in [-0.25, -0.2) is 13.1 Å². The molecule has 1 amide bonds. The molecule has 2 aromatic carbocycles. The van der Waals surface area contributed by atoms with Gasteiger partial charge in [0, 0.05) is 11.7 Å². The van der Waals surface area contributed by atoms with Crippen LogP contribution in [0.25, 0.3) is 0 Å². The number of hydrogen-bond donors (Lipinski definition) is 2. The summed E-state index contributed by atoms with van der Waals surface area (Å²) in [5.41, 5.74) is 0.939. The van der Waals surface area contributed by atoms with E-state index < -0.39 is 10.0 Å². The van der Waals surface area contributed by atoms with Gasteiger partial charge in [0.25, 0.3) is 5.91 Å². The highest BCUT2D eigenvalue weighted by Gasteiger charge is 2.17. The smallest absolute Gasteiger partial charge is 0.259 e. The molecule has 0 saturated heterocycles. The number of hydrogen-bond acceptors (Lipinski definition) is 4. The number of nitrogens with one attached hydrogen (secondary N) is 2. The fourth-order valence-electron chi connectivity index (χ4n) is 2.32. The number of carbonyl (C=O) groups excluding carboxylic acids is 1. The van der Waals surface area contributed by atoms with Crippen LogP contribution in [0.2, 0.25) is 0 Å². The van der Waals surface area contributed by atoms with E-state index in [-0.39, 0.29) is 16.8 Å². The van der Waals surface area contributed by atoms with Crippen LogP contribution in [0, 0.1) is 0 Å². The minimum absolute atomic E-state index is 0.144. The van der Waals surface area contributed by atoms with Gasteiger partial charge in [0.05, 0.1) is 17.1 Å². The van der Waals surface area contributed by atoms with Crippen molar-refractivity contribution in [3.8, 4) is 5.75 Å². The van der Waals surface area contributed by atoms with Crippen molar-refractivity contribution >= 4 is 21.6 Å². The summed E-state index contributed by atoms with van der Waals surface area (Å²) in [5, 5.41) is 2.77. The third-order valence-corrected chi connectivity index (χ3v) is 5.59. The first-order valence-electron chi connectivity index (χ1n) is 9.03. The fraction of sp³-hybridized carbons (Fsp3) is 0.350. The van der Waals surface area contributed by atoms with Crippen LogP contribution in [0.4, 0.5) is 5.69 Å². The van der Waals surface area contributed by atoms with Gasteiger partial charge < -0.3 is 10.1 Å². The minimum atomic E-state index is -3.57. The van der Waals surface area contributed by atoms with Crippen LogP contribution in [0.5, 0.6) is 5.75 Å². The van der Waals surface area contributed by atoms with Gasteiger partial charge in [-0.15, -0.1) is 0 Å². The lowest BCUT2D eigenvalue weighted by Gasteiger charge is -2.13. The zero-order valence-electron chi connectivity index (χ0n) is 15.9. The Balaban J connectivity index is 2.12. The van der Waals surface area contributed by atoms with E-state index in [0.717, 1.165) is 6.42 Å². The molecule has 0 aliphatic carbocycles. The third-order valence-electron chi connectivity index (χ3n) is 3.98. The number of para-hydroxylation sites is 1. The Morgan fingerprint density at radius 2 is 1.74 bits per heavy atom. The molecule has 6 nitrogen and oxygen atoms in total. The first kappa shape index (κ1) is 20.9. The molecule has 2 N–H and O–H groups in total. The quantitative estimate of drug-likeness (QED) is 0.682. The van der Waals surface area contributed by atoms with Gasteiger partial charge in [-0.2, -0.15) is 0 Å². The summed E-state index contributed by atoms with van der Waals surface area (Å²) in [6.07, 6.45) is 1.55. The van der Waals surface area contributed by atoms with Crippen LogP contribution in [0.15, 0.2) is 53.4 Å². The van der Waals surface area contributed by atoms with E-state index in [4.69, 9.17) is 4.74 Å². The summed E-state index contributed by atoms with van der Waals surface area (Å²) in [4.78, 5) is 12.7. The summed E-state index contributed by atoms with van der Waals surface area (Å²) in [6.45, 7) is 6.24. The Morgan fingerprint density at radius 1 is 1.07 bits per heavy atom. The van der Waals surface area contributed by atoms with Crippen molar-refractivity contribution in [1.29, 1.82) is 0 Å². The van der Waals surface area contributed by atoms with Gasteiger partial charge in [-0.05, 0) is 56.2 Å². The number of rotatable bonds is 9. The maximum Gasteiger partial charge on any atom is 0.259 e. The van der Waals surface area contributed by atoms with Gasteiger partial charge in [0.15, 0.2) is 0 Å².